The van der Waals surface area contributed by atoms with E-state index in [1.165, 1.54) is 90.9 Å². The summed E-state index contributed by atoms with van der Waals surface area (Å²) in [4.78, 5) is 5.34. The molecule has 0 saturated carbocycles. The highest BCUT2D eigenvalue weighted by Gasteiger charge is 2.21. The number of piperazine rings is 1. The summed E-state index contributed by atoms with van der Waals surface area (Å²) in [6.45, 7) is 15.0. The van der Waals surface area contributed by atoms with E-state index in [2.05, 4.69) is 29.0 Å². The minimum absolute atomic E-state index is 0.897. The van der Waals surface area contributed by atoms with Crippen LogP contribution in [0.2, 0.25) is 0 Å². The lowest BCUT2D eigenvalue weighted by atomic mass is 10.0. The molecular weight excluding hydrogens is 258 g/mol. The van der Waals surface area contributed by atoms with Crippen molar-refractivity contribution in [1.82, 2.24) is 15.1 Å². The Morgan fingerprint density at radius 1 is 1.05 bits per heavy atom. The summed E-state index contributed by atoms with van der Waals surface area (Å²) in [5.74, 6) is 1.90. The number of nitrogens with zero attached hydrogens (tertiary/aromatic N) is 2. The van der Waals surface area contributed by atoms with Crippen molar-refractivity contribution >= 4 is 0 Å². The number of hydrogen-bond acceptors (Lipinski definition) is 3. The van der Waals surface area contributed by atoms with Crippen molar-refractivity contribution in [2.24, 2.45) is 11.8 Å². The average molecular weight is 296 g/mol. The first-order chi connectivity index (χ1) is 10.3. The molecule has 2 heterocycles. The fraction of sp³-hybridized carbons (Fsp3) is 1.00. The second kappa shape index (κ2) is 9.81. The largest absolute Gasteiger partial charge is 0.314 e. The Hall–Kier alpha value is -0.120. The molecule has 3 nitrogen and oxygen atoms in total. The van der Waals surface area contributed by atoms with E-state index >= 15 is 0 Å². The first-order valence-electron chi connectivity index (χ1n) is 9.43. The number of rotatable bonds is 9. The van der Waals surface area contributed by atoms with Gasteiger partial charge in [0.25, 0.3) is 0 Å². The van der Waals surface area contributed by atoms with Crippen molar-refractivity contribution in [2.45, 2.75) is 52.4 Å². The van der Waals surface area contributed by atoms with Crippen LogP contribution in [-0.2, 0) is 0 Å². The molecule has 2 atom stereocenters. The summed E-state index contributed by atoms with van der Waals surface area (Å²) in [6.07, 6.45) is 8.46. The van der Waals surface area contributed by atoms with Gasteiger partial charge in [0.2, 0.25) is 0 Å². The van der Waals surface area contributed by atoms with E-state index in [0.717, 1.165) is 11.8 Å². The lowest BCUT2D eigenvalue weighted by Gasteiger charge is -2.28. The molecule has 2 rings (SSSR count). The number of nitrogens with one attached hydrogen (secondary N) is 1. The number of hydrogen-bond donors (Lipinski definition) is 1. The minimum Gasteiger partial charge on any atom is -0.314 e. The van der Waals surface area contributed by atoms with E-state index in [4.69, 9.17) is 0 Å². The fourth-order valence-electron chi connectivity index (χ4n) is 3.91. The average Bonchev–Trinajstić information content (AvgIpc) is 2.94. The van der Waals surface area contributed by atoms with Gasteiger partial charge >= 0.3 is 0 Å². The van der Waals surface area contributed by atoms with Crippen LogP contribution < -0.4 is 5.32 Å². The molecule has 0 aromatic carbocycles. The molecule has 0 aromatic heterocycles. The Labute approximate surface area is 132 Å². The molecule has 0 bridgehead atoms. The predicted octanol–water partition coefficient (Wildman–Crippen LogP) is 2.82. The Morgan fingerprint density at radius 3 is 2.62 bits per heavy atom. The van der Waals surface area contributed by atoms with Gasteiger partial charge < -0.3 is 15.1 Å². The van der Waals surface area contributed by atoms with Crippen LogP contribution in [0.15, 0.2) is 0 Å². The van der Waals surface area contributed by atoms with Gasteiger partial charge in [-0.15, -0.1) is 0 Å². The standard InChI is InChI=1S/C18H37N3/c1-3-5-18-8-13-21(16-18)11-4-6-17(2)7-12-20-14-9-19-10-15-20/h17-19H,3-16H2,1-2H3. The summed E-state index contributed by atoms with van der Waals surface area (Å²) in [5, 5.41) is 3.43. The van der Waals surface area contributed by atoms with Crippen molar-refractivity contribution in [3.63, 3.8) is 0 Å². The van der Waals surface area contributed by atoms with Crippen LogP contribution in [0.3, 0.4) is 0 Å². The van der Waals surface area contributed by atoms with Crippen molar-refractivity contribution in [3.8, 4) is 0 Å². The molecule has 2 aliphatic heterocycles. The molecule has 2 fully saturated rings. The summed E-state index contributed by atoms with van der Waals surface area (Å²) < 4.78 is 0. The zero-order valence-corrected chi connectivity index (χ0v) is 14.4. The van der Waals surface area contributed by atoms with Crippen LogP contribution in [-0.4, -0.2) is 62.2 Å². The molecule has 124 valence electrons. The highest BCUT2D eigenvalue weighted by Crippen LogP contribution is 2.21. The Bertz CT molecular complexity index is 263. The molecule has 1 N–H and O–H groups in total. The number of likely N-dealkylation sites (tertiary alicyclic amines) is 1. The molecule has 2 unspecified atom stereocenters. The molecule has 0 aliphatic carbocycles. The molecule has 0 spiro atoms. The summed E-state index contributed by atoms with van der Waals surface area (Å²) in [7, 11) is 0. The smallest absolute Gasteiger partial charge is 0.0107 e. The zero-order valence-electron chi connectivity index (χ0n) is 14.4. The third-order valence-electron chi connectivity index (χ3n) is 5.39. The van der Waals surface area contributed by atoms with Gasteiger partial charge in [-0.25, -0.2) is 0 Å². The first-order valence-corrected chi connectivity index (χ1v) is 9.43. The topological polar surface area (TPSA) is 18.5 Å². The predicted molar refractivity (Wildman–Crippen MR) is 91.8 cm³/mol. The van der Waals surface area contributed by atoms with Gasteiger partial charge in [-0.2, -0.15) is 0 Å². The van der Waals surface area contributed by atoms with Gasteiger partial charge in [0.15, 0.2) is 0 Å². The van der Waals surface area contributed by atoms with Gasteiger partial charge in [-0.3, -0.25) is 0 Å². The first kappa shape index (κ1) is 17.2. The lowest BCUT2D eigenvalue weighted by molar-refractivity contribution is 0.221. The fourth-order valence-corrected chi connectivity index (χ4v) is 3.91. The highest BCUT2D eigenvalue weighted by atomic mass is 15.2. The maximum absolute atomic E-state index is 3.43. The summed E-state index contributed by atoms with van der Waals surface area (Å²) >= 11 is 0. The van der Waals surface area contributed by atoms with Gasteiger partial charge in [0.1, 0.15) is 0 Å². The van der Waals surface area contributed by atoms with E-state index < -0.39 is 0 Å². The van der Waals surface area contributed by atoms with Gasteiger partial charge in [0.05, 0.1) is 0 Å². The van der Waals surface area contributed by atoms with E-state index in [9.17, 15) is 0 Å². The molecule has 0 amide bonds. The summed E-state index contributed by atoms with van der Waals surface area (Å²) in [6, 6.07) is 0. The molecule has 3 heteroatoms. The van der Waals surface area contributed by atoms with E-state index in [1.807, 2.05) is 0 Å². The highest BCUT2D eigenvalue weighted by molar-refractivity contribution is 4.75. The van der Waals surface area contributed by atoms with Crippen molar-refractivity contribution in [1.29, 1.82) is 0 Å². The molecule has 2 aliphatic rings. The Morgan fingerprint density at radius 2 is 1.86 bits per heavy atom. The lowest BCUT2D eigenvalue weighted by Crippen LogP contribution is -2.44. The van der Waals surface area contributed by atoms with Crippen LogP contribution in [0.5, 0.6) is 0 Å². The molecule has 0 aromatic rings. The van der Waals surface area contributed by atoms with Gasteiger partial charge in [0, 0.05) is 32.7 Å². The van der Waals surface area contributed by atoms with Crippen molar-refractivity contribution in [3.05, 3.63) is 0 Å². The third kappa shape index (κ3) is 6.66. The van der Waals surface area contributed by atoms with E-state index in [-0.39, 0.29) is 0 Å². The normalized spacial score (nSPS) is 26.3. The van der Waals surface area contributed by atoms with Gasteiger partial charge in [-0.1, -0.05) is 20.3 Å². The Kier molecular flexibility index (Phi) is 8.05. The maximum Gasteiger partial charge on any atom is 0.0107 e. The SMILES string of the molecule is CCCC1CCN(CCCC(C)CCN2CCNCC2)C1. The van der Waals surface area contributed by atoms with E-state index in [1.54, 1.807) is 0 Å². The maximum atomic E-state index is 3.43. The van der Waals surface area contributed by atoms with Gasteiger partial charge in [-0.05, 0) is 63.6 Å². The zero-order chi connectivity index (χ0) is 14.9. The third-order valence-corrected chi connectivity index (χ3v) is 5.39. The second-order valence-corrected chi connectivity index (χ2v) is 7.37. The minimum atomic E-state index is 0.897. The van der Waals surface area contributed by atoms with Crippen LogP contribution in [0, 0.1) is 11.8 Å². The Balaban J connectivity index is 1.48. The van der Waals surface area contributed by atoms with Crippen molar-refractivity contribution in [2.75, 3.05) is 52.4 Å². The quantitative estimate of drug-likeness (QED) is 0.706. The molecule has 2 saturated heterocycles. The molecule has 0 radical (unpaired) electrons. The van der Waals surface area contributed by atoms with Crippen molar-refractivity contribution < 1.29 is 0 Å². The second-order valence-electron chi connectivity index (χ2n) is 7.37. The van der Waals surface area contributed by atoms with E-state index in [0.29, 0.717) is 0 Å². The van der Waals surface area contributed by atoms with Crippen LogP contribution in [0.4, 0.5) is 0 Å². The van der Waals surface area contributed by atoms with Crippen LogP contribution >= 0.6 is 0 Å². The van der Waals surface area contributed by atoms with Crippen LogP contribution in [0.25, 0.3) is 0 Å². The van der Waals surface area contributed by atoms with Crippen LogP contribution in [0.1, 0.15) is 52.4 Å². The molecule has 21 heavy (non-hydrogen) atoms. The monoisotopic (exact) mass is 295 g/mol. The molecular formula is C18H37N3. The summed E-state index contributed by atoms with van der Waals surface area (Å²) in [5.41, 5.74) is 0.